The molecule has 1 radical (unpaired) electrons. The number of carboxylic acids is 7. The van der Waals surface area contributed by atoms with Crippen molar-refractivity contribution < 1.29 is 120 Å². The van der Waals surface area contributed by atoms with Gasteiger partial charge in [-0.25, -0.2) is 19.2 Å². The molecule has 1 aliphatic heterocycles. The number of halogens is 1. The second-order valence-electron chi connectivity index (χ2n) is 22.0. The van der Waals surface area contributed by atoms with Crippen molar-refractivity contribution in [2.45, 2.75) is 152 Å². The van der Waals surface area contributed by atoms with E-state index in [2.05, 4.69) is 37.2 Å². The minimum Gasteiger partial charge on any atom is -0.507 e. The Balaban J connectivity index is 0.0000288. The maximum absolute atomic E-state index is 14.4. The number of phenolic OH excluding ortho intramolecular Hbond substituents is 1. The predicted octanol–water partition coefficient (Wildman–Crippen LogP) is 0.625. The molecule has 1 fully saturated rings. The Hall–Kier alpha value is -7.72. The Bertz CT molecular complexity index is 2760. The zero-order valence-corrected chi connectivity index (χ0v) is 53.9. The molecule has 0 aliphatic carbocycles. The molecule has 1 saturated heterocycles. The van der Waals surface area contributed by atoms with Gasteiger partial charge in [0, 0.05) is 108 Å². The maximum atomic E-state index is 14.4. The number of amides is 7. The van der Waals surface area contributed by atoms with Crippen LogP contribution in [0.3, 0.4) is 0 Å². The average Bonchev–Trinajstić information content (AvgIpc) is 1.10. The van der Waals surface area contributed by atoms with Gasteiger partial charge < -0.3 is 78.1 Å². The first-order valence-electron chi connectivity index (χ1n) is 30.0. The number of urea groups is 1. The summed E-state index contributed by atoms with van der Waals surface area (Å²) in [6, 6.07) is 3.57. The van der Waals surface area contributed by atoms with Crippen LogP contribution in [0.5, 0.6) is 5.75 Å². The number of phenols is 1. The molecule has 92 heavy (non-hydrogen) atoms. The van der Waals surface area contributed by atoms with Gasteiger partial charge in [-0.05, 0) is 110 Å². The minimum atomic E-state index is -1.54. The number of aliphatic carboxylic acids is 7. The molecular formula is C59H85CuIN10O21. The van der Waals surface area contributed by atoms with Gasteiger partial charge in [-0.1, -0.05) is 49.2 Å². The third-order valence-corrected chi connectivity index (χ3v) is 15.6. The molecule has 31 nitrogen and oxygen atoms in total. The normalized spacial score (nSPS) is 14.8. The van der Waals surface area contributed by atoms with Crippen LogP contribution in [0.2, 0.25) is 0 Å². The summed E-state index contributed by atoms with van der Waals surface area (Å²) in [7, 11) is 0. The fraction of sp³-hybridized carbons (Fsp3) is 0.576. The Morgan fingerprint density at radius 1 is 0.435 bits per heavy atom. The number of rotatable bonds is 43. The van der Waals surface area contributed by atoms with Crippen LogP contribution in [0.1, 0.15) is 114 Å². The summed E-state index contributed by atoms with van der Waals surface area (Å²) in [5.74, 6) is -12.0. The van der Waals surface area contributed by atoms with E-state index in [1.54, 1.807) is 51.1 Å². The topological polar surface area (TPSA) is 478 Å². The number of nitrogens with one attached hydrogen (secondary N) is 7. The van der Waals surface area contributed by atoms with Gasteiger partial charge in [0.25, 0.3) is 0 Å². The summed E-state index contributed by atoms with van der Waals surface area (Å²) in [5.41, 5.74) is 1.08. The molecular weight excluding hydrogens is 1370 g/mol. The molecule has 2 aromatic rings. The van der Waals surface area contributed by atoms with Crippen LogP contribution < -0.4 is 37.2 Å². The maximum Gasteiger partial charge on any atom is 0.326 e. The molecule has 6 atom stereocenters. The van der Waals surface area contributed by atoms with Crippen molar-refractivity contribution in [3.63, 3.8) is 0 Å². The quantitative estimate of drug-likeness (QED) is 0.0246. The van der Waals surface area contributed by atoms with Crippen molar-refractivity contribution in [1.82, 2.24) is 51.9 Å². The second kappa shape index (κ2) is 43.9. The van der Waals surface area contributed by atoms with Gasteiger partial charge in [0.15, 0.2) is 0 Å². The van der Waals surface area contributed by atoms with Gasteiger partial charge in [-0.15, -0.1) is 0 Å². The van der Waals surface area contributed by atoms with Crippen molar-refractivity contribution in [3.05, 3.63) is 63.2 Å². The van der Waals surface area contributed by atoms with Gasteiger partial charge in [0.2, 0.25) is 29.5 Å². The number of unbranched alkanes of at least 4 members (excludes halogenated alkanes) is 5. The monoisotopic (exact) mass is 1460 g/mol. The molecule has 3 rings (SSSR count). The number of hydrogen-bond acceptors (Lipinski definition) is 17. The SMILES string of the molecule is O=C(O)CCC(NC(=O)NC(CCCCNC(=O)CCCCCCC(=O)NCCCCC(NC(=O)C(Cc1ccccc1)NC(=O)C(Cc1ccc(O)c(I)c1)NC(=O)CCC(C(=O)O)N1CCN(CC(=O)O)CCN(CC(=O)O)CC1)C(=O)O)C(=O)O)C(=O)O.[61Cu]. The summed E-state index contributed by atoms with van der Waals surface area (Å²) in [4.78, 5) is 166. The fourth-order valence-corrected chi connectivity index (χ4v) is 10.4. The number of hydrogen-bond donors (Lipinski definition) is 15. The number of carbonyl (C=O) groups is 13. The van der Waals surface area contributed by atoms with Gasteiger partial charge >= 0.3 is 47.8 Å². The summed E-state index contributed by atoms with van der Waals surface area (Å²) >= 11 is 1.88. The third-order valence-electron chi connectivity index (χ3n) is 14.8. The smallest absolute Gasteiger partial charge is 0.326 e. The Labute approximate surface area is 555 Å². The van der Waals surface area contributed by atoms with Gasteiger partial charge in [-0.3, -0.25) is 57.9 Å². The van der Waals surface area contributed by atoms with E-state index >= 15 is 0 Å². The standard InChI is InChI=1S/C59H85IN10O21.Cu/c60-39-32-38(18-21-46(39)71)34-43(63-49(74)22-20-45(58(89)90)70-30-28-68(35-51(77)78)26-27-69(29-31-70)36-52(79)80)53(81)65-44(33-37-12-4-3-5-13-37)54(82)64-40(55(83)84)14-8-10-24-61-47(72)16-6-1-2-7-17-48(73)62-25-11-9-15-41(56(85)86)66-59(91)67-42(57(87)88)19-23-50(75)76;/h3-5,12-13,18,21,32,40-45,71H,1-2,6-11,14-17,19-20,22-31,33-36H2,(H,61,72)(H,62,73)(H,63,74)(H,64,82)(H,65,81)(H,75,76)(H,77,78)(H,79,80)(H,83,84)(H,85,86)(H,87,88)(H,89,90)(H2,66,67,91);/i;1-3. The van der Waals surface area contributed by atoms with Crippen LogP contribution in [0.4, 0.5) is 4.79 Å². The van der Waals surface area contributed by atoms with Crippen molar-refractivity contribution in [3.8, 4) is 5.75 Å². The summed E-state index contributed by atoms with van der Waals surface area (Å²) in [6.45, 7) is 0.560. The molecule has 0 aromatic heterocycles. The van der Waals surface area contributed by atoms with E-state index in [4.69, 9.17) is 5.11 Å². The molecule has 2 aromatic carbocycles. The fourth-order valence-electron chi connectivity index (χ4n) is 9.79. The van der Waals surface area contributed by atoms with Crippen molar-refractivity contribution >= 4 is 99.9 Å². The molecule has 33 heteroatoms. The average molecular weight is 1460 g/mol. The molecule has 15 N–H and O–H groups in total. The number of benzene rings is 2. The second-order valence-corrected chi connectivity index (χ2v) is 23.1. The van der Waals surface area contributed by atoms with Crippen LogP contribution in [0.15, 0.2) is 48.5 Å². The van der Waals surface area contributed by atoms with Crippen LogP contribution in [0, 0.1) is 3.57 Å². The van der Waals surface area contributed by atoms with E-state index in [0.29, 0.717) is 53.2 Å². The van der Waals surface area contributed by atoms with E-state index in [9.17, 15) is 98.1 Å². The molecule has 1 aliphatic rings. The van der Waals surface area contributed by atoms with Gasteiger partial charge in [0.1, 0.15) is 42.0 Å². The Kier molecular flexibility index (Phi) is 38.4. The molecule has 1 heterocycles. The summed E-state index contributed by atoms with van der Waals surface area (Å²) < 4.78 is 0.424. The summed E-state index contributed by atoms with van der Waals surface area (Å²) in [5, 5.41) is 94.9. The zero-order valence-electron chi connectivity index (χ0n) is 50.8. The van der Waals surface area contributed by atoms with E-state index < -0.39 is 121 Å². The first-order valence-corrected chi connectivity index (χ1v) is 31.1. The zero-order chi connectivity index (χ0) is 67.4. The molecule has 0 saturated carbocycles. The van der Waals surface area contributed by atoms with Crippen LogP contribution in [-0.2, 0) is 87.4 Å². The van der Waals surface area contributed by atoms with Crippen LogP contribution in [-0.4, -0.2) is 235 Å². The summed E-state index contributed by atoms with van der Waals surface area (Å²) in [6.07, 6.45) is 2.09. The Morgan fingerprint density at radius 3 is 1.36 bits per heavy atom. The van der Waals surface area contributed by atoms with E-state index in [1.165, 1.54) is 12.1 Å². The number of nitrogens with zero attached hydrogens (tertiary/aromatic N) is 3. The molecule has 515 valence electrons. The van der Waals surface area contributed by atoms with Crippen molar-refractivity contribution in [2.24, 2.45) is 0 Å². The molecule has 6 unspecified atom stereocenters. The Morgan fingerprint density at radius 2 is 0.891 bits per heavy atom. The van der Waals surface area contributed by atoms with E-state index in [-0.39, 0.29) is 158 Å². The van der Waals surface area contributed by atoms with Crippen LogP contribution >= 0.6 is 22.6 Å². The third kappa shape index (κ3) is 33.6. The van der Waals surface area contributed by atoms with Gasteiger partial charge in [-0.2, -0.15) is 0 Å². The van der Waals surface area contributed by atoms with Crippen molar-refractivity contribution in [2.75, 3.05) is 65.4 Å². The first-order chi connectivity index (χ1) is 43.2. The minimum absolute atomic E-state index is 0. The number of aromatic hydroxyl groups is 1. The number of carboxylic acid groups (broad SMARTS) is 7. The first kappa shape index (κ1) is 80.4. The molecule has 0 bridgehead atoms. The predicted molar refractivity (Wildman–Crippen MR) is 331 cm³/mol. The largest absolute Gasteiger partial charge is 0.507 e. The molecule has 0 spiro atoms. The number of carbonyl (C=O) groups excluding carboxylic acids is 6. The van der Waals surface area contributed by atoms with Crippen molar-refractivity contribution in [1.29, 1.82) is 0 Å². The molecule has 7 amide bonds. The van der Waals surface area contributed by atoms with E-state index in [0.717, 1.165) is 0 Å². The van der Waals surface area contributed by atoms with Gasteiger partial charge in [0.05, 0.1) is 16.7 Å². The van der Waals surface area contributed by atoms with E-state index in [1.807, 2.05) is 22.6 Å². The van der Waals surface area contributed by atoms with Crippen LogP contribution in [0.25, 0.3) is 0 Å².